The van der Waals surface area contributed by atoms with Crippen LogP contribution in [0.2, 0.25) is 0 Å². The SMILES string of the molecule is C#CCSCCNC(=NC)NC1CC(C)(C)Oc2ccccc21.I. The average molecular weight is 459 g/mol. The highest BCUT2D eigenvalue weighted by molar-refractivity contribution is 14.0. The number of rotatable bonds is 5. The minimum absolute atomic E-state index is 0. The molecule has 0 spiro atoms. The van der Waals surface area contributed by atoms with E-state index in [9.17, 15) is 0 Å². The third-order valence-corrected chi connectivity index (χ3v) is 4.50. The number of nitrogens with zero attached hydrogens (tertiary/aromatic N) is 1. The third-order valence-electron chi connectivity index (χ3n) is 3.64. The van der Waals surface area contributed by atoms with E-state index in [-0.39, 0.29) is 35.6 Å². The second-order valence-corrected chi connectivity index (χ2v) is 7.16. The average Bonchev–Trinajstić information content (AvgIpc) is 2.52. The van der Waals surface area contributed by atoms with Crippen LogP contribution in [0.5, 0.6) is 5.75 Å². The quantitative estimate of drug-likeness (QED) is 0.233. The fraction of sp³-hybridized carbons (Fsp3) is 0.500. The Morgan fingerprint density at radius 3 is 2.92 bits per heavy atom. The van der Waals surface area contributed by atoms with Crippen LogP contribution in [0.15, 0.2) is 29.3 Å². The van der Waals surface area contributed by atoms with Crippen LogP contribution in [0, 0.1) is 12.3 Å². The number of nitrogens with one attached hydrogen (secondary N) is 2. The van der Waals surface area contributed by atoms with Gasteiger partial charge >= 0.3 is 0 Å². The fourth-order valence-electron chi connectivity index (χ4n) is 2.66. The highest BCUT2D eigenvalue weighted by Crippen LogP contribution is 2.39. The van der Waals surface area contributed by atoms with Gasteiger partial charge in [-0.1, -0.05) is 24.1 Å². The Morgan fingerprint density at radius 1 is 1.46 bits per heavy atom. The number of fused-ring (bicyclic) bond motifs is 1. The summed E-state index contributed by atoms with van der Waals surface area (Å²) in [5, 5.41) is 6.86. The number of benzene rings is 1. The standard InChI is InChI=1S/C18H25N3OS.HI/c1-5-11-23-12-10-20-17(19-4)21-15-13-18(2,3)22-16-9-7-6-8-14(15)16;/h1,6-9,15H,10-13H2,2-4H3,(H2,19,20,21);1H. The number of aliphatic imine (C=N–C) groups is 1. The van der Waals surface area contributed by atoms with Gasteiger partial charge in [0.05, 0.1) is 11.8 Å². The smallest absolute Gasteiger partial charge is 0.191 e. The number of terminal acetylenes is 1. The second kappa shape index (κ2) is 10.0. The molecular weight excluding hydrogens is 433 g/mol. The number of ether oxygens (including phenoxy) is 1. The summed E-state index contributed by atoms with van der Waals surface area (Å²) in [6.45, 7) is 5.06. The lowest BCUT2D eigenvalue weighted by molar-refractivity contribution is 0.0694. The lowest BCUT2D eigenvalue weighted by atomic mass is 9.90. The maximum Gasteiger partial charge on any atom is 0.191 e. The summed E-state index contributed by atoms with van der Waals surface area (Å²) in [6.07, 6.45) is 6.14. The first-order valence-corrected chi connectivity index (χ1v) is 8.97. The van der Waals surface area contributed by atoms with Gasteiger partial charge in [-0.2, -0.15) is 0 Å². The zero-order chi connectivity index (χ0) is 16.7. The van der Waals surface area contributed by atoms with Crippen molar-refractivity contribution in [1.82, 2.24) is 10.6 Å². The Bertz CT molecular complexity index is 598. The van der Waals surface area contributed by atoms with Crippen LogP contribution < -0.4 is 15.4 Å². The molecular formula is C18H26IN3OS. The van der Waals surface area contributed by atoms with E-state index in [4.69, 9.17) is 11.2 Å². The molecule has 0 aliphatic carbocycles. The number of guanidine groups is 1. The van der Waals surface area contributed by atoms with Crippen molar-refractivity contribution in [1.29, 1.82) is 0 Å². The van der Waals surface area contributed by atoms with E-state index in [1.54, 1.807) is 18.8 Å². The summed E-state index contributed by atoms with van der Waals surface area (Å²) in [7, 11) is 1.79. The monoisotopic (exact) mass is 459 g/mol. The van der Waals surface area contributed by atoms with Crippen LogP contribution in [-0.4, -0.2) is 36.7 Å². The molecule has 4 nitrogen and oxygen atoms in total. The molecule has 0 fully saturated rings. The zero-order valence-electron chi connectivity index (χ0n) is 14.5. The molecule has 1 heterocycles. The summed E-state index contributed by atoms with van der Waals surface area (Å²) in [5.41, 5.74) is 0.976. The van der Waals surface area contributed by atoms with E-state index in [0.717, 1.165) is 36.2 Å². The van der Waals surface area contributed by atoms with Gasteiger partial charge in [0.1, 0.15) is 11.4 Å². The minimum atomic E-state index is -0.201. The van der Waals surface area contributed by atoms with Crippen LogP contribution >= 0.6 is 35.7 Å². The van der Waals surface area contributed by atoms with Crippen molar-refractivity contribution in [3.05, 3.63) is 29.8 Å². The van der Waals surface area contributed by atoms with E-state index < -0.39 is 0 Å². The molecule has 0 saturated carbocycles. The number of hydrogen-bond donors (Lipinski definition) is 2. The van der Waals surface area contributed by atoms with Gasteiger partial charge < -0.3 is 15.4 Å². The second-order valence-electron chi connectivity index (χ2n) is 6.06. The number of hydrogen-bond acceptors (Lipinski definition) is 3. The van der Waals surface area contributed by atoms with Crippen molar-refractivity contribution in [2.24, 2.45) is 4.99 Å². The van der Waals surface area contributed by atoms with Gasteiger partial charge in [0.2, 0.25) is 0 Å². The van der Waals surface area contributed by atoms with Crippen LogP contribution in [0.1, 0.15) is 31.9 Å². The van der Waals surface area contributed by atoms with Gasteiger partial charge in [0.25, 0.3) is 0 Å². The first kappa shape index (κ1) is 21.0. The molecule has 1 unspecified atom stereocenters. The molecule has 1 aliphatic rings. The Balaban J connectivity index is 0.00000288. The van der Waals surface area contributed by atoms with Crippen molar-refractivity contribution < 1.29 is 4.74 Å². The topological polar surface area (TPSA) is 45.7 Å². The molecule has 1 atom stereocenters. The lowest BCUT2D eigenvalue weighted by Gasteiger charge is -2.38. The van der Waals surface area contributed by atoms with Gasteiger partial charge in [-0.3, -0.25) is 4.99 Å². The molecule has 132 valence electrons. The molecule has 1 aliphatic heterocycles. The summed E-state index contributed by atoms with van der Waals surface area (Å²) in [5.74, 6) is 6.09. The molecule has 0 bridgehead atoms. The summed E-state index contributed by atoms with van der Waals surface area (Å²) < 4.78 is 6.07. The van der Waals surface area contributed by atoms with Crippen molar-refractivity contribution in [2.45, 2.75) is 31.9 Å². The third kappa shape index (κ3) is 6.10. The van der Waals surface area contributed by atoms with Crippen LogP contribution in [0.25, 0.3) is 0 Å². The Hall–Kier alpha value is -1.07. The molecule has 0 amide bonds. The molecule has 1 aromatic carbocycles. The van der Waals surface area contributed by atoms with Gasteiger partial charge in [-0.25, -0.2) is 0 Å². The Kier molecular flexibility index (Phi) is 8.78. The highest BCUT2D eigenvalue weighted by Gasteiger charge is 2.33. The summed E-state index contributed by atoms with van der Waals surface area (Å²) in [4.78, 5) is 4.32. The molecule has 2 N–H and O–H groups in total. The van der Waals surface area contributed by atoms with Gasteiger partial charge in [-0.15, -0.1) is 42.2 Å². The fourth-order valence-corrected chi connectivity index (χ4v) is 3.17. The highest BCUT2D eigenvalue weighted by atomic mass is 127. The molecule has 0 aromatic heterocycles. The van der Waals surface area contributed by atoms with E-state index in [1.807, 2.05) is 18.2 Å². The Labute approximate surface area is 166 Å². The van der Waals surface area contributed by atoms with Crippen molar-refractivity contribution >= 4 is 41.7 Å². The van der Waals surface area contributed by atoms with Gasteiger partial charge in [0, 0.05) is 31.3 Å². The Morgan fingerprint density at radius 2 is 2.21 bits per heavy atom. The first-order chi connectivity index (χ1) is 11.1. The summed E-state index contributed by atoms with van der Waals surface area (Å²) >= 11 is 1.74. The molecule has 0 saturated heterocycles. The predicted octanol–water partition coefficient (Wildman–Crippen LogP) is 3.44. The van der Waals surface area contributed by atoms with Crippen LogP contribution in [0.3, 0.4) is 0 Å². The molecule has 24 heavy (non-hydrogen) atoms. The molecule has 6 heteroatoms. The number of thioether (sulfide) groups is 1. The van der Waals surface area contributed by atoms with Gasteiger partial charge in [-0.05, 0) is 19.9 Å². The maximum absolute atomic E-state index is 6.07. The van der Waals surface area contributed by atoms with Gasteiger partial charge in [0.15, 0.2) is 5.96 Å². The van der Waals surface area contributed by atoms with Crippen molar-refractivity contribution in [3.8, 4) is 18.1 Å². The minimum Gasteiger partial charge on any atom is -0.487 e. The molecule has 1 aromatic rings. The summed E-state index contributed by atoms with van der Waals surface area (Å²) in [6, 6.07) is 8.37. The van der Waals surface area contributed by atoms with E-state index in [1.165, 1.54) is 5.56 Å². The van der Waals surface area contributed by atoms with E-state index >= 15 is 0 Å². The predicted molar refractivity (Wildman–Crippen MR) is 115 cm³/mol. The first-order valence-electron chi connectivity index (χ1n) is 7.82. The number of para-hydroxylation sites is 1. The number of halogens is 1. The molecule has 2 rings (SSSR count). The van der Waals surface area contributed by atoms with Crippen LogP contribution in [-0.2, 0) is 0 Å². The van der Waals surface area contributed by atoms with Crippen molar-refractivity contribution in [2.75, 3.05) is 25.1 Å². The zero-order valence-corrected chi connectivity index (χ0v) is 17.6. The largest absolute Gasteiger partial charge is 0.487 e. The van der Waals surface area contributed by atoms with Crippen LogP contribution in [0.4, 0.5) is 0 Å². The normalized spacial score (nSPS) is 18.4. The van der Waals surface area contributed by atoms with E-state index in [2.05, 4.69) is 41.5 Å². The van der Waals surface area contributed by atoms with E-state index in [0.29, 0.717) is 0 Å². The van der Waals surface area contributed by atoms with Crippen molar-refractivity contribution in [3.63, 3.8) is 0 Å². The molecule has 0 radical (unpaired) electrons. The maximum atomic E-state index is 6.07. The lowest BCUT2D eigenvalue weighted by Crippen LogP contribution is -2.45.